The average molecular weight is 304 g/mol. The number of imide groups is 2. The van der Waals surface area contributed by atoms with Gasteiger partial charge in [0.25, 0.3) is 0 Å². The molecule has 0 N–H and O–H groups in total. The Morgan fingerprint density at radius 2 is 1.26 bits per heavy atom. The largest absolute Gasteiger partial charge is 0.340 e. The van der Waals surface area contributed by atoms with Crippen LogP contribution < -0.4 is 0 Å². The number of hydrogen-bond donors (Lipinski definition) is 2. The Hall–Kier alpha value is -1.06. The summed E-state index contributed by atoms with van der Waals surface area (Å²) in [6.07, 6.45) is 0.0667. The molecule has 0 aromatic rings. The Morgan fingerprint density at radius 3 is 1.53 bits per heavy atom. The predicted molar refractivity (Wildman–Crippen MR) is 69.3 cm³/mol. The van der Waals surface area contributed by atoms with Crippen LogP contribution in [-0.4, -0.2) is 57.4 Å². The molecule has 104 valence electrons. The second kappa shape index (κ2) is 5.51. The molecule has 0 aromatic carbocycles. The third-order valence-corrected chi connectivity index (χ3v) is 3.69. The van der Waals surface area contributed by atoms with Crippen LogP contribution in [0.15, 0.2) is 0 Å². The summed E-state index contributed by atoms with van der Waals surface area (Å²) in [5.74, 6) is -1.62. The van der Waals surface area contributed by atoms with Crippen molar-refractivity contribution in [3.63, 3.8) is 0 Å². The van der Waals surface area contributed by atoms with Crippen LogP contribution in [0.2, 0.25) is 0 Å². The minimum Gasteiger partial charge on any atom is -0.340 e. The molecule has 0 spiro atoms. The van der Waals surface area contributed by atoms with Gasteiger partial charge < -0.3 is 4.74 Å². The molecule has 19 heavy (non-hydrogen) atoms. The van der Waals surface area contributed by atoms with Crippen molar-refractivity contribution in [2.24, 2.45) is 0 Å². The number of ether oxygens (including phenoxy) is 1. The van der Waals surface area contributed by atoms with Crippen molar-refractivity contribution in [1.29, 1.82) is 0 Å². The highest BCUT2D eigenvalue weighted by molar-refractivity contribution is 7.82. The molecule has 2 rings (SSSR count). The summed E-state index contributed by atoms with van der Waals surface area (Å²) in [4.78, 5) is 47.7. The van der Waals surface area contributed by atoms with Gasteiger partial charge in [0.05, 0.1) is 10.5 Å². The SMILES string of the molecule is O=C1CC(S)C(=O)N1COCN1C(=O)CC(S)C1=O. The summed E-state index contributed by atoms with van der Waals surface area (Å²) in [5.41, 5.74) is 0. The Kier molecular flexibility index (Phi) is 4.16. The fourth-order valence-corrected chi connectivity index (χ4v) is 2.42. The minimum absolute atomic E-state index is 0.0333. The smallest absolute Gasteiger partial charge is 0.244 e. The predicted octanol–water partition coefficient (Wildman–Crippen LogP) is -0.967. The van der Waals surface area contributed by atoms with E-state index < -0.39 is 22.3 Å². The van der Waals surface area contributed by atoms with E-state index in [9.17, 15) is 19.2 Å². The number of rotatable bonds is 4. The summed E-state index contributed by atoms with van der Waals surface area (Å²) in [5, 5.41) is -1.29. The zero-order valence-corrected chi connectivity index (χ0v) is 11.6. The van der Waals surface area contributed by atoms with Crippen LogP contribution in [0.1, 0.15) is 12.8 Å². The van der Waals surface area contributed by atoms with Gasteiger partial charge in [0, 0.05) is 12.8 Å². The molecule has 0 aliphatic carbocycles. The molecule has 2 unspecified atom stereocenters. The summed E-state index contributed by atoms with van der Waals surface area (Å²) in [6.45, 7) is -0.577. The van der Waals surface area contributed by atoms with Gasteiger partial charge in [-0.15, -0.1) is 0 Å². The molecular weight excluding hydrogens is 292 g/mol. The average Bonchev–Trinajstić information content (AvgIpc) is 2.72. The van der Waals surface area contributed by atoms with E-state index in [2.05, 4.69) is 25.3 Å². The highest BCUT2D eigenvalue weighted by atomic mass is 32.1. The van der Waals surface area contributed by atoms with E-state index >= 15 is 0 Å². The summed E-state index contributed by atoms with van der Waals surface area (Å²) < 4.78 is 5.08. The maximum atomic E-state index is 11.5. The van der Waals surface area contributed by atoms with Crippen LogP contribution in [0.4, 0.5) is 0 Å². The lowest BCUT2D eigenvalue weighted by atomic mass is 10.4. The molecule has 4 amide bonds. The van der Waals surface area contributed by atoms with E-state index in [0.29, 0.717) is 0 Å². The summed E-state index contributed by atoms with van der Waals surface area (Å²) in [6, 6.07) is 0. The van der Waals surface area contributed by atoms with Gasteiger partial charge >= 0.3 is 0 Å². The molecular formula is C10H12N2O5S2. The number of carbonyl (C=O) groups is 4. The van der Waals surface area contributed by atoms with Crippen molar-refractivity contribution in [2.75, 3.05) is 13.5 Å². The van der Waals surface area contributed by atoms with Gasteiger partial charge in [-0.2, -0.15) is 25.3 Å². The van der Waals surface area contributed by atoms with Crippen LogP contribution in [0.25, 0.3) is 0 Å². The molecule has 0 bridgehead atoms. The third kappa shape index (κ3) is 2.77. The molecule has 2 aliphatic rings. The van der Waals surface area contributed by atoms with Gasteiger partial charge in [0.1, 0.15) is 13.5 Å². The first-order valence-electron chi connectivity index (χ1n) is 5.54. The van der Waals surface area contributed by atoms with Crippen molar-refractivity contribution >= 4 is 48.9 Å². The highest BCUT2D eigenvalue weighted by Gasteiger charge is 2.38. The molecule has 2 heterocycles. The maximum Gasteiger partial charge on any atom is 0.244 e. The minimum atomic E-state index is -0.645. The third-order valence-electron chi connectivity index (χ3n) is 2.88. The Morgan fingerprint density at radius 1 is 0.895 bits per heavy atom. The fraction of sp³-hybridized carbons (Fsp3) is 0.600. The van der Waals surface area contributed by atoms with E-state index in [-0.39, 0.29) is 38.1 Å². The van der Waals surface area contributed by atoms with Crippen molar-refractivity contribution in [2.45, 2.75) is 23.3 Å². The highest BCUT2D eigenvalue weighted by Crippen LogP contribution is 2.19. The van der Waals surface area contributed by atoms with Crippen LogP contribution in [-0.2, 0) is 23.9 Å². The van der Waals surface area contributed by atoms with Crippen LogP contribution in [0.5, 0.6) is 0 Å². The number of carbonyl (C=O) groups excluding carboxylic acids is 4. The van der Waals surface area contributed by atoms with E-state index in [1.54, 1.807) is 0 Å². The second-order valence-electron chi connectivity index (χ2n) is 4.22. The molecule has 0 aromatic heterocycles. The van der Waals surface area contributed by atoms with Crippen molar-refractivity contribution in [3.05, 3.63) is 0 Å². The normalized spacial score (nSPS) is 27.9. The molecule has 9 heteroatoms. The molecule has 2 aliphatic heterocycles. The number of amides is 4. The zero-order valence-electron chi connectivity index (χ0n) is 9.81. The topological polar surface area (TPSA) is 84.0 Å². The lowest BCUT2D eigenvalue weighted by Crippen LogP contribution is -2.38. The number of thiol groups is 2. The van der Waals surface area contributed by atoms with E-state index in [1.807, 2.05) is 0 Å². The molecule has 2 saturated heterocycles. The van der Waals surface area contributed by atoms with Gasteiger partial charge in [-0.3, -0.25) is 29.0 Å². The van der Waals surface area contributed by atoms with Gasteiger partial charge in [-0.05, 0) is 0 Å². The molecule has 2 fully saturated rings. The van der Waals surface area contributed by atoms with Crippen molar-refractivity contribution < 1.29 is 23.9 Å². The van der Waals surface area contributed by atoms with Crippen molar-refractivity contribution in [1.82, 2.24) is 9.80 Å². The lowest BCUT2D eigenvalue weighted by Gasteiger charge is -2.18. The maximum absolute atomic E-state index is 11.5. The van der Waals surface area contributed by atoms with Crippen LogP contribution in [0.3, 0.4) is 0 Å². The fourth-order valence-electron chi connectivity index (χ4n) is 1.83. The van der Waals surface area contributed by atoms with Gasteiger partial charge in [0.2, 0.25) is 23.6 Å². The van der Waals surface area contributed by atoms with Crippen LogP contribution in [0, 0.1) is 0 Å². The van der Waals surface area contributed by atoms with Gasteiger partial charge in [-0.25, -0.2) is 0 Å². The first-order chi connectivity index (χ1) is 8.91. The Balaban J connectivity index is 1.84. The first kappa shape index (κ1) is 14.4. The van der Waals surface area contributed by atoms with Crippen LogP contribution >= 0.6 is 25.3 Å². The Bertz CT molecular complexity index is 415. The molecule has 7 nitrogen and oxygen atoms in total. The van der Waals surface area contributed by atoms with Crippen molar-refractivity contribution in [3.8, 4) is 0 Å². The number of likely N-dealkylation sites (tertiary alicyclic amines) is 2. The number of nitrogens with zero attached hydrogens (tertiary/aromatic N) is 2. The quantitative estimate of drug-likeness (QED) is 0.516. The van der Waals surface area contributed by atoms with E-state index in [4.69, 9.17) is 4.74 Å². The zero-order chi connectivity index (χ0) is 14.2. The summed E-state index contributed by atoms with van der Waals surface area (Å²) >= 11 is 7.92. The van der Waals surface area contributed by atoms with Gasteiger partial charge in [0.15, 0.2) is 0 Å². The molecule has 0 radical (unpaired) electrons. The lowest BCUT2D eigenvalue weighted by molar-refractivity contribution is -0.151. The Labute approximate surface area is 120 Å². The summed E-state index contributed by atoms with van der Waals surface area (Å²) in [7, 11) is 0. The standard InChI is InChI=1S/C10H12N2O5S2/c13-7-1-5(18)9(15)11(7)3-17-4-12-8(14)2-6(19)10(12)16/h5-6,18-19H,1-4H2. The monoisotopic (exact) mass is 304 g/mol. The molecule has 2 atom stereocenters. The van der Waals surface area contributed by atoms with E-state index in [1.165, 1.54) is 0 Å². The second-order valence-corrected chi connectivity index (χ2v) is 5.47. The first-order valence-corrected chi connectivity index (χ1v) is 6.57. The number of hydrogen-bond acceptors (Lipinski definition) is 7. The van der Waals surface area contributed by atoms with Gasteiger partial charge in [-0.1, -0.05) is 0 Å². The van der Waals surface area contributed by atoms with E-state index in [0.717, 1.165) is 9.80 Å². The molecule has 0 saturated carbocycles.